The Bertz CT molecular complexity index is 507. The van der Waals surface area contributed by atoms with E-state index in [1.807, 2.05) is 4.90 Å². The first-order valence-corrected chi connectivity index (χ1v) is 7.46. The zero-order valence-corrected chi connectivity index (χ0v) is 12.8. The molecule has 1 heterocycles. The van der Waals surface area contributed by atoms with Gasteiger partial charge in [0, 0.05) is 25.6 Å². The highest BCUT2D eigenvalue weighted by Gasteiger charge is 2.20. The Morgan fingerprint density at radius 1 is 1.18 bits per heavy atom. The second-order valence-corrected chi connectivity index (χ2v) is 5.31. The number of likely N-dealkylation sites (tertiary alicyclic amines) is 1. The van der Waals surface area contributed by atoms with Crippen LogP contribution in [-0.2, 0) is 9.53 Å². The third-order valence-corrected chi connectivity index (χ3v) is 3.73. The predicted molar refractivity (Wildman–Crippen MR) is 81.7 cm³/mol. The molecule has 6 nitrogen and oxygen atoms in total. The molecule has 6 heteroatoms. The lowest BCUT2D eigenvalue weighted by atomic mass is 10.1. The smallest absolute Gasteiger partial charge is 0.248 e. The van der Waals surface area contributed by atoms with Crippen LogP contribution in [0, 0.1) is 0 Å². The number of nitrogens with zero attached hydrogens (tertiary/aromatic N) is 1. The molecule has 1 aromatic carbocycles. The van der Waals surface area contributed by atoms with Gasteiger partial charge >= 0.3 is 0 Å². The number of hydrogen-bond donors (Lipinski definition) is 1. The lowest BCUT2D eigenvalue weighted by molar-refractivity contribution is -0.131. The lowest BCUT2D eigenvalue weighted by Gasteiger charge is -2.31. The van der Waals surface area contributed by atoms with Gasteiger partial charge in [-0.2, -0.15) is 0 Å². The molecule has 2 amide bonds. The molecule has 0 aliphatic carbocycles. The number of nitrogens with two attached hydrogens (primary N) is 1. The quantitative estimate of drug-likeness (QED) is 0.800. The monoisotopic (exact) mass is 306 g/mol. The second kappa shape index (κ2) is 7.79. The summed E-state index contributed by atoms with van der Waals surface area (Å²) in [6.45, 7) is 4.06. The number of hydrogen-bond acceptors (Lipinski definition) is 4. The first kappa shape index (κ1) is 16.3. The van der Waals surface area contributed by atoms with Crippen LogP contribution in [0.3, 0.4) is 0 Å². The van der Waals surface area contributed by atoms with Crippen molar-refractivity contribution >= 4 is 11.8 Å². The Balaban J connectivity index is 1.63. The number of rotatable bonds is 6. The average Bonchev–Trinajstić information content (AvgIpc) is 2.52. The Hall–Kier alpha value is -2.08. The highest BCUT2D eigenvalue weighted by Crippen LogP contribution is 2.14. The number of piperidine rings is 1. The van der Waals surface area contributed by atoms with Gasteiger partial charge in [0.25, 0.3) is 0 Å². The van der Waals surface area contributed by atoms with Gasteiger partial charge in [-0.15, -0.1) is 0 Å². The molecule has 0 atom stereocenters. The minimum Gasteiger partial charge on any atom is -0.491 e. The van der Waals surface area contributed by atoms with E-state index in [9.17, 15) is 9.59 Å². The molecule has 22 heavy (non-hydrogen) atoms. The Kier molecular flexibility index (Phi) is 5.77. The SMILES string of the molecule is CC(=O)N1CCC(OCCOc2ccc(C(N)=O)cc2)CC1. The molecule has 1 aromatic rings. The molecule has 2 N–H and O–H groups in total. The van der Waals surface area contributed by atoms with Crippen molar-refractivity contribution in [3.8, 4) is 5.75 Å². The minimum absolute atomic E-state index is 0.126. The number of amides is 2. The fourth-order valence-electron chi connectivity index (χ4n) is 2.43. The Labute approximate surface area is 130 Å². The van der Waals surface area contributed by atoms with Gasteiger partial charge < -0.3 is 20.1 Å². The summed E-state index contributed by atoms with van der Waals surface area (Å²) in [6, 6.07) is 6.70. The van der Waals surface area contributed by atoms with Gasteiger partial charge in [-0.05, 0) is 37.1 Å². The van der Waals surface area contributed by atoms with Crippen LogP contribution in [0.4, 0.5) is 0 Å². The van der Waals surface area contributed by atoms with Gasteiger partial charge in [-0.25, -0.2) is 0 Å². The van der Waals surface area contributed by atoms with Crippen molar-refractivity contribution in [1.29, 1.82) is 0 Å². The largest absolute Gasteiger partial charge is 0.491 e. The van der Waals surface area contributed by atoms with Gasteiger partial charge in [0.2, 0.25) is 11.8 Å². The summed E-state index contributed by atoms with van der Waals surface area (Å²) in [6.07, 6.45) is 1.93. The Morgan fingerprint density at radius 3 is 2.36 bits per heavy atom. The maximum Gasteiger partial charge on any atom is 0.248 e. The average molecular weight is 306 g/mol. The first-order valence-electron chi connectivity index (χ1n) is 7.46. The van der Waals surface area contributed by atoms with Crippen LogP contribution in [0.1, 0.15) is 30.1 Å². The van der Waals surface area contributed by atoms with E-state index < -0.39 is 5.91 Å². The molecule has 1 aliphatic heterocycles. The minimum atomic E-state index is -0.452. The van der Waals surface area contributed by atoms with E-state index >= 15 is 0 Å². The van der Waals surface area contributed by atoms with Crippen LogP contribution < -0.4 is 10.5 Å². The summed E-state index contributed by atoms with van der Waals surface area (Å²) in [5, 5.41) is 0. The van der Waals surface area contributed by atoms with Crippen molar-refractivity contribution in [3.63, 3.8) is 0 Å². The van der Waals surface area contributed by atoms with Crippen LogP contribution in [-0.4, -0.2) is 49.1 Å². The lowest BCUT2D eigenvalue weighted by Crippen LogP contribution is -2.40. The fourth-order valence-corrected chi connectivity index (χ4v) is 2.43. The molecule has 0 bridgehead atoms. The van der Waals surface area contributed by atoms with Crippen LogP contribution in [0.2, 0.25) is 0 Å². The molecule has 0 unspecified atom stereocenters. The van der Waals surface area contributed by atoms with E-state index in [0.717, 1.165) is 25.9 Å². The zero-order valence-electron chi connectivity index (χ0n) is 12.8. The summed E-state index contributed by atoms with van der Waals surface area (Å²) in [4.78, 5) is 24.0. The van der Waals surface area contributed by atoms with Crippen molar-refractivity contribution in [1.82, 2.24) is 4.90 Å². The standard InChI is InChI=1S/C16H22N2O4/c1-12(19)18-8-6-15(7-9-18)22-11-10-21-14-4-2-13(3-5-14)16(17)20/h2-5,15H,6-11H2,1H3,(H2,17,20). The van der Waals surface area contributed by atoms with Crippen molar-refractivity contribution in [2.75, 3.05) is 26.3 Å². The molecule has 0 saturated carbocycles. The van der Waals surface area contributed by atoms with Crippen LogP contribution in [0.25, 0.3) is 0 Å². The molecule has 1 aliphatic rings. The molecule has 1 saturated heterocycles. The summed E-state index contributed by atoms with van der Waals surface area (Å²) in [5.74, 6) is 0.355. The molecule has 1 fully saturated rings. The summed E-state index contributed by atoms with van der Waals surface area (Å²) < 4.78 is 11.3. The van der Waals surface area contributed by atoms with Gasteiger partial charge in [0.05, 0.1) is 12.7 Å². The number of carbonyl (C=O) groups is 2. The van der Waals surface area contributed by atoms with E-state index in [1.165, 1.54) is 0 Å². The van der Waals surface area contributed by atoms with Crippen molar-refractivity contribution < 1.29 is 19.1 Å². The van der Waals surface area contributed by atoms with Crippen molar-refractivity contribution in [2.24, 2.45) is 5.73 Å². The number of benzene rings is 1. The van der Waals surface area contributed by atoms with Gasteiger partial charge in [-0.3, -0.25) is 9.59 Å². The second-order valence-electron chi connectivity index (χ2n) is 5.31. The number of primary amides is 1. The van der Waals surface area contributed by atoms with Crippen LogP contribution in [0.5, 0.6) is 5.75 Å². The number of carbonyl (C=O) groups excluding carboxylic acids is 2. The van der Waals surface area contributed by atoms with Gasteiger partial charge in [0.1, 0.15) is 12.4 Å². The van der Waals surface area contributed by atoms with Crippen molar-refractivity contribution in [3.05, 3.63) is 29.8 Å². The molecule has 0 spiro atoms. The zero-order chi connectivity index (χ0) is 15.9. The summed E-state index contributed by atoms with van der Waals surface area (Å²) in [7, 11) is 0. The van der Waals surface area contributed by atoms with E-state index in [2.05, 4.69) is 0 Å². The molecule has 2 rings (SSSR count). The van der Waals surface area contributed by atoms with Gasteiger partial charge in [-0.1, -0.05) is 0 Å². The fraction of sp³-hybridized carbons (Fsp3) is 0.500. The van der Waals surface area contributed by atoms with E-state index in [0.29, 0.717) is 24.5 Å². The highest BCUT2D eigenvalue weighted by molar-refractivity contribution is 5.92. The van der Waals surface area contributed by atoms with E-state index in [-0.39, 0.29) is 12.0 Å². The van der Waals surface area contributed by atoms with E-state index in [4.69, 9.17) is 15.2 Å². The van der Waals surface area contributed by atoms with E-state index in [1.54, 1.807) is 31.2 Å². The third-order valence-electron chi connectivity index (χ3n) is 3.73. The van der Waals surface area contributed by atoms with Crippen LogP contribution in [0.15, 0.2) is 24.3 Å². The molecule has 0 aromatic heterocycles. The molecule has 0 radical (unpaired) electrons. The van der Waals surface area contributed by atoms with Crippen LogP contribution >= 0.6 is 0 Å². The first-order chi connectivity index (χ1) is 10.6. The maximum atomic E-state index is 11.2. The topological polar surface area (TPSA) is 81.9 Å². The normalized spacial score (nSPS) is 15.6. The maximum absolute atomic E-state index is 11.2. The molecule has 120 valence electrons. The van der Waals surface area contributed by atoms with Gasteiger partial charge in [0.15, 0.2) is 0 Å². The van der Waals surface area contributed by atoms with Crippen molar-refractivity contribution in [2.45, 2.75) is 25.9 Å². The highest BCUT2D eigenvalue weighted by atomic mass is 16.5. The molecular weight excluding hydrogens is 284 g/mol. The summed E-state index contributed by atoms with van der Waals surface area (Å²) >= 11 is 0. The third kappa shape index (κ3) is 4.73. The summed E-state index contributed by atoms with van der Waals surface area (Å²) in [5.41, 5.74) is 5.63. The molecular formula is C16H22N2O4. The Morgan fingerprint density at radius 2 is 1.82 bits per heavy atom. The number of ether oxygens (including phenoxy) is 2. The predicted octanol–water partition coefficient (Wildman–Crippen LogP) is 1.19.